The molecule has 0 spiro atoms. The number of fused-ring (bicyclic) bond motifs is 4. The van der Waals surface area contributed by atoms with Gasteiger partial charge < -0.3 is 13.9 Å². The maximum atomic E-state index is 14.1. The monoisotopic (exact) mass is 520 g/mol. The van der Waals surface area contributed by atoms with Crippen LogP contribution in [0.3, 0.4) is 0 Å². The highest BCUT2D eigenvalue weighted by Gasteiger charge is 2.49. The van der Waals surface area contributed by atoms with Gasteiger partial charge in [-0.25, -0.2) is 4.79 Å². The van der Waals surface area contributed by atoms with Crippen molar-refractivity contribution in [3.63, 3.8) is 0 Å². The van der Waals surface area contributed by atoms with Crippen LogP contribution in [0.5, 0.6) is 5.75 Å². The Kier molecular flexibility index (Phi) is 6.01. The third-order valence-electron chi connectivity index (χ3n) is 7.55. The summed E-state index contributed by atoms with van der Waals surface area (Å²) in [5.41, 5.74) is 5.25. The summed E-state index contributed by atoms with van der Waals surface area (Å²) in [4.78, 5) is 28.1. The predicted octanol–water partition coefficient (Wildman–Crippen LogP) is 5.79. The predicted molar refractivity (Wildman–Crippen MR) is 148 cm³/mol. The van der Waals surface area contributed by atoms with Crippen LogP contribution in [0.25, 0.3) is 11.1 Å². The molecule has 0 aromatic heterocycles. The minimum Gasteiger partial charge on any atom is -0.497 e. The maximum Gasteiger partial charge on any atom is 0.336 e. The molecule has 0 saturated heterocycles. The van der Waals surface area contributed by atoms with Gasteiger partial charge >= 0.3 is 5.97 Å². The van der Waals surface area contributed by atoms with Crippen LogP contribution in [-0.2, 0) is 14.0 Å². The molecule has 4 aromatic rings. The van der Waals surface area contributed by atoms with Gasteiger partial charge in [-0.15, -0.1) is 0 Å². The fourth-order valence-electron chi connectivity index (χ4n) is 5.75. The van der Waals surface area contributed by atoms with Crippen molar-refractivity contribution in [2.24, 2.45) is 0 Å². The number of carbonyl (C=O) groups is 2. The molecule has 0 radical (unpaired) electrons. The Morgan fingerprint density at radius 3 is 2.00 bits per heavy atom. The Bertz CT molecular complexity index is 1500. The second-order valence-corrected chi connectivity index (χ2v) is 14.0. The van der Waals surface area contributed by atoms with Gasteiger partial charge in [-0.05, 0) is 47.1 Å². The molecule has 0 saturated carbocycles. The van der Waals surface area contributed by atoms with Crippen molar-refractivity contribution in [1.82, 2.24) is 0 Å². The topological polar surface area (TPSA) is 61.8 Å². The van der Waals surface area contributed by atoms with Gasteiger partial charge in [0.2, 0.25) is 8.32 Å². The molecule has 6 heteroatoms. The summed E-state index contributed by atoms with van der Waals surface area (Å²) >= 11 is 0. The van der Waals surface area contributed by atoms with E-state index in [4.69, 9.17) is 13.9 Å². The van der Waals surface area contributed by atoms with Crippen LogP contribution < -0.4 is 9.92 Å². The van der Waals surface area contributed by atoms with E-state index in [1.165, 1.54) is 0 Å². The molecule has 0 amide bonds. The van der Waals surface area contributed by atoms with Crippen molar-refractivity contribution in [2.45, 2.75) is 31.2 Å². The molecule has 1 heterocycles. The van der Waals surface area contributed by atoms with E-state index >= 15 is 0 Å². The van der Waals surface area contributed by atoms with Gasteiger partial charge in [0, 0.05) is 16.7 Å². The van der Waals surface area contributed by atoms with Gasteiger partial charge in [0.05, 0.1) is 13.0 Å². The number of hydrogen-bond donors (Lipinski definition) is 0. The average Bonchev–Trinajstić information content (AvgIpc) is 3.26. The van der Waals surface area contributed by atoms with Gasteiger partial charge in [-0.2, -0.15) is 0 Å². The summed E-state index contributed by atoms with van der Waals surface area (Å²) in [6.45, 7) is 4.09. The first-order valence-electron chi connectivity index (χ1n) is 12.7. The van der Waals surface area contributed by atoms with Gasteiger partial charge in [-0.1, -0.05) is 84.9 Å². The lowest BCUT2D eigenvalue weighted by Crippen LogP contribution is -2.58. The molecule has 6 rings (SSSR count). The van der Waals surface area contributed by atoms with Crippen LogP contribution in [-0.4, -0.2) is 33.3 Å². The lowest BCUT2D eigenvalue weighted by atomic mass is 9.85. The van der Waals surface area contributed by atoms with Gasteiger partial charge in [0.15, 0.2) is 18.0 Å². The zero-order valence-corrected chi connectivity index (χ0v) is 22.5. The first-order valence-corrected chi connectivity index (χ1v) is 15.6. The lowest BCUT2D eigenvalue weighted by Gasteiger charge is -2.40. The van der Waals surface area contributed by atoms with Crippen LogP contribution in [0.2, 0.25) is 13.1 Å². The molecule has 0 fully saturated rings. The van der Waals surface area contributed by atoms with Crippen molar-refractivity contribution >= 4 is 25.3 Å². The van der Waals surface area contributed by atoms with Gasteiger partial charge in [0.1, 0.15) is 5.75 Å². The van der Waals surface area contributed by atoms with E-state index in [9.17, 15) is 9.59 Å². The number of esters is 1. The number of ketones is 1. The summed E-state index contributed by atoms with van der Waals surface area (Å²) in [7, 11) is -0.973. The SMILES string of the molecule is COc1ccc2c(c1)[C@H](C(=O)c1ccccc1)[C@@H](C(=O)OC1c3ccccc3-c3ccccc31)O[Si]2(C)C. The quantitative estimate of drug-likeness (QED) is 0.190. The largest absolute Gasteiger partial charge is 0.497 e. The first-order chi connectivity index (χ1) is 18.4. The molecule has 2 atom stereocenters. The number of rotatable bonds is 5. The number of ether oxygens (including phenoxy) is 2. The van der Waals surface area contributed by atoms with Crippen LogP contribution in [0.15, 0.2) is 97.1 Å². The normalized spacial score (nSPS) is 19.1. The average molecular weight is 521 g/mol. The van der Waals surface area contributed by atoms with E-state index in [2.05, 4.69) is 0 Å². The Morgan fingerprint density at radius 1 is 0.763 bits per heavy atom. The Labute approximate surface area is 223 Å². The molecule has 2 aliphatic rings. The molecule has 1 aliphatic heterocycles. The molecule has 4 aromatic carbocycles. The van der Waals surface area contributed by atoms with E-state index < -0.39 is 32.4 Å². The summed E-state index contributed by atoms with van der Waals surface area (Å²) in [6, 6.07) is 30.7. The minimum atomic E-state index is -2.57. The third-order valence-corrected chi connectivity index (χ3v) is 10.1. The van der Waals surface area contributed by atoms with E-state index in [1.807, 2.05) is 98.0 Å². The third kappa shape index (κ3) is 3.97. The molecular formula is C32H28O5Si. The molecule has 190 valence electrons. The van der Waals surface area contributed by atoms with Crippen molar-refractivity contribution in [3.05, 3.63) is 119 Å². The molecule has 38 heavy (non-hydrogen) atoms. The summed E-state index contributed by atoms with van der Waals surface area (Å²) in [5, 5.41) is 0.980. The molecule has 0 N–H and O–H groups in total. The zero-order valence-electron chi connectivity index (χ0n) is 21.5. The number of Topliss-reactive ketones (excluding diaryl/α,β-unsaturated/α-hetero) is 1. The van der Waals surface area contributed by atoms with E-state index in [0.717, 1.165) is 33.0 Å². The lowest BCUT2D eigenvalue weighted by molar-refractivity contribution is -0.157. The number of benzene rings is 4. The van der Waals surface area contributed by atoms with Crippen LogP contribution >= 0.6 is 0 Å². The second-order valence-electron chi connectivity index (χ2n) is 10.2. The highest BCUT2D eigenvalue weighted by Crippen LogP contribution is 2.46. The Hall–Kier alpha value is -4.00. The number of methoxy groups -OCH3 is 1. The number of carbonyl (C=O) groups excluding carboxylic acids is 2. The maximum absolute atomic E-state index is 14.1. The highest BCUT2D eigenvalue weighted by atomic mass is 28.4. The van der Waals surface area contributed by atoms with Crippen LogP contribution in [0.4, 0.5) is 0 Å². The smallest absolute Gasteiger partial charge is 0.336 e. The standard InChI is InChI=1S/C32H28O5Si/c1-35-21-17-18-27-26(19-21)28(29(33)20-11-5-4-6-12-20)31(37-38(27,2)3)32(34)36-30-24-15-9-7-13-22(24)23-14-8-10-16-25(23)30/h4-19,28,30-31H,1-3H3/t28-,31+/m1/s1. The molecule has 0 bridgehead atoms. The summed E-state index contributed by atoms with van der Waals surface area (Å²) < 4.78 is 18.4. The minimum absolute atomic E-state index is 0.182. The van der Waals surface area contributed by atoms with Gasteiger partial charge in [0.25, 0.3) is 0 Å². The van der Waals surface area contributed by atoms with Crippen LogP contribution in [0, 0.1) is 0 Å². The van der Waals surface area contributed by atoms with Crippen molar-refractivity contribution in [3.8, 4) is 16.9 Å². The molecule has 0 unspecified atom stereocenters. The van der Waals surface area contributed by atoms with Crippen LogP contribution in [0.1, 0.15) is 39.1 Å². The van der Waals surface area contributed by atoms with E-state index in [0.29, 0.717) is 11.3 Å². The van der Waals surface area contributed by atoms with Crippen molar-refractivity contribution in [2.75, 3.05) is 7.11 Å². The number of hydrogen-bond acceptors (Lipinski definition) is 5. The van der Waals surface area contributed by atoms with E-state index in [1.54, 1.807) is 19.2 Å². The van der Waals surface area contributed by atoms with Crippen molar-refractivity contribution in [1.29, 1.82) is 0 Å². The van der Waals surface area contributed by atoms with E-state index in [-0.39, 0.29) is 5.78 Å². The summed E-state index contributed by atoms with van der Waals surface area (Å²) in [6.07, 6.45) is -1.65. The molecule has 5 nitrogen and oxygen atoms in total. The Balaban J connectivity index is 1.44. The fourth-order valence-corrected chi connectivity index (χ4v) is 8.15. The second kappa shape index (κ2) is 9.38. The summed E-state index contributed by atoms with van der Waals surface area (Å²) in [5.74, 6) is -0.946. The van der Waals surface area contributed by atoms with Gasteiger partial charge in [-0.3, -0.25) is 4.79 Å². The zero-order chi connectivity index (χ0) is 26.4. The molecular weight excluding hydrogens is 492 g/mol. The fraction of sp³-hybridized carbons (Fsp3) is 0.188. The Morgan fingerprint density at radius 2 is 1.37 bits per heavy atom. The van der Waals surface area contributed by atoms with Crippen molar-refractivity contribution < 1.29 is 23.5 Å². The highest BCUT2D eigenvalue weighted by molar-refractivity contribution is 6.85. The first kappa shape index (κ1) is 24.3. The molecule has 1 aliphatic carbocycles.